The Labute approximate surface area is 165 Å². The van der Waals surface area contributed by atoms with Crippen molar-refractivity contribution in [2.24, 2.45) is 0 Å². The molecule has 0 spiro atoms. The molecule has 2 aromatic rings. The first kappa shape index (κ1) is 19.1. The van der Waals surface area contributed by atoms with E-state index in [1.165, 1.54) is 16.6 Å². The number of nitrogens with zero attached hydrogens (tertiary/aromatic N) is 3. The summed E-state index contributed by atoms with van der Waals surface area (Å²) in [6.45, 7) is 5.43. The van der Waals surface area contributed by atoms with Crippen LogP contribution in [0.4, 0.5) is 0 Å². The zero-order valence-corrected chi connectivity index (χ0v) is 16.4. The number of likely N-dealkylation sites (N-methyl/N-ethyl adjacent to an activating group) is 1. The quantitative estimate of drug-likeness (QED) is 0.749. The van der Waals surface area contributed by atoms with Gasteiger partial charge in [0, 0.05) is 49.3 Å². The molecule has 7 nitrogen and oxygen atoms in total. The highest BCUT2D eigenvalue weighted by molar-refractivity contribution is 5.88. The molecule has 1 aromatic heterocycles. The molecule has 2 aliphatic heterocycles. The normalized spacial score (nSPS) is 20.8. The summed E-state index contributed by atoms with van der Waals surface area (Å²) in [6, 6.07) is 8.00. The number of rotatable bonds is 6. The van der Waals surface area contributed by atoms with Gasteiger partial charge in [-0.3, -0.25) is 14.6 Å². The molecular formula is C21H28N4O3. The van der Waals surface area contributed by atoms with Gasteiger partial charge in [0.15, 0.2) is 0 Å². The number of carbonyl (C=O) groups is 2. The summed E-state index contributed by atoms with van der Waals surface area (Å²) in [5.41, 5.74) is 3.53. The monoisotopic (exact) mass is 384 g/mol. The minimum Gasteiger partial charge on any atom is -0.379 e. The third kappa shape index (κ3) is 3.83. The van der Waals surface area contributed by atoms with Crippen molar-refractivity contribution in [3.05, 3.63) is 35.5 Å². The summed E-state index contributed by atoms with van der Waals surface area (Å²) < 4.78 is 5.38. The predicted molar refractivity (Wildman–Crippen MR) is 107 cm³/mol. The zero-order chi connectivity index (χ0) is 19.5. The number of para-hydroxylation sites is 1. The molecule has 28 heavy (non-hydrogen) atoms. The first-order valence-electron chi connectivity index (χ1n) is 9.98. The second-order valence-corrected chi connectivity index (χ2v) is 7.67. The van der Waals surface area contributed by atoms with E-state index < -0.39 is 0 Å². The number of amides is 1. The number of morpholine rings is 1. The fraction of sp³-hybridized carbons (Fsp3) is 0.524. The molecule has 1 atom stereocenters. The van der Waals surface area contributed by atoms with Crippen molar-refractivity contribution in [1.29, 1.82) is 0 Å². The molecule has 3 heterocycles. The molecular weight excluding hydrogens is 356 g/mol. The van der Waals surface area contributed by atoms with Gasteiger partial charge in [-0.25, -0.2) is 0 Å². The average molecular weight is 384 g/mol. The molecule has 1 fully saturated rings. The summed E-state index contributed by atoms with van der Waals surface area (Å²) in [7, 11) is 1.98. The smallest absolute Gasteiger partial charge is 0.240 e. The lowest BCUT2D eigenvalue weighted by Crippen LogP contribution is -2.52. The highest BCUT2D eigenvalue weighted by atomic mass is 16.5. The third-order valence-electron chi connectivity index (χ3n) is 5.92. The lowest BCUT2D eigenvalue weighted by molar-refractivity contribution is -0.139. The van der Waals surface area contributed by atoms with Crippen LogP contribution in [0.25, 0.3) is 10.9 Å². The standard InChI is InChI=1S/C21H28N4O3/c1-23-15-19-17(16-4-2-3-5-18(16)22-19)14-20(23)21(27)25(8-11-26)7-6-24-9-12-28-13-10-24/h2-5,11,20,22H,6-10,12-15H2,1H3. The van der Waals surface area contributed by atoms with Gasteiger partial charge >= 0.3 is 0 Å². The van der Waals surface area contributed by atoms with Gasteiger partial charge in [-0.15, -0.1) is 0 Å². The van der Waals surface area contributed by atoms with Crippen LogP contribution in [-0.2, 0) is 27.3 Å². The molecule has 1 N–H and O–H groups in total. The van der Waals surface area contributed by atoms with Crippen molar-refractivity contribution in [3.8, 4) is 0 Å². The molecule has 1 unspecified atom stereocenters. The maximum absolute atomic E-state index is 13.3. The molecule has 7 heteroatoms. The van der Waals surface area contributed by atoms with Crippen molar-refractivity contribution < 1.29 is 14.3 Å². The van der Waals surface area contributed by atoms with Gasteiger partial charge in [-0.05, 0) is 25.1 Å². The Morgan fingerprint density at radius 2 is 2.11 bits per heavy atom. The Morgan fingerprint density at radius 1 is 1.32 bits per heavy atom. The molecule has 1 amide bonds. The number of carbonyl (C=O) groups excluding carboxylic acids is 2. The number of aromatic nitrogens is 1. The molecule has 0 bridgehead atoms. The number of fused-ring (bicyclic) bond motifs is 3. The number of aldehydes is 1. The summed E-state index contributed by atoms with van der Waals surface area (Å²) in [4.78, 5) is 34.1. The summed E-state index contributed by atoms with van der Waals surface area (Å²) in [5.74, 6) is 0.0405. The van der Waals surface area contributed by atoms with E-state index in [9.17, 15) is 9.59 Å². The number of hydrogen-bond donors (Lipinski definition) is 1. The first-order valence-corrected chi connectivity index (χ1v) is 9.98. The molecule has 1 saturated heterocycles. The van der Waals surface area contributed by atoms with Crippen LogP contribution in [0.3, 0.4) is 0 Å². The molecule has 4 rings (SSSR count). The van der Waals surface area contributed by atoms with Crippen molar-refractivity contribution in [1.82, 2.24) is 19.7 Å². The van der Waals surface area contributed by atoms with Crippen molar-refractivity contribution >= 4 is 23.1 Å². The van der Waals surface area contributed by atoms with E-state index in [-0.39, 0.29) is 18.5 Å². The lowest BCUT2D eigenvalue weighted by atomic mass is 9.96. The van der Waals surface area contributed by atoms with E-state index in [1.807, 2.05) is 19.2 Å². The molecule has 0 saturated carbocycles. The van der Waals surface area contributed by atoms with Crippen LogP contribution in [0.2, 0.25) is 0 Å². The first-order chi connectivity index (χ1) is 13.7. The van der Waals surface area contributed by atoms with Crippen LogP contribution in [0.5, 0.6) is 0 Å². The average Bonchev–Trinajstić information content (AvgIpc) is 3.08. The second kappa shape index (κ2) is 8.43. The maximum atomic E-state index is 13.3. The zero-order valence-electron chi connectivity index (χ0n) is 16.4. The van der Waals surface area contributed by atoms with E-state index in [0.29, 0.717) is 19.5 Å². The van der Waals surface area contributed by atoms with E-state index in [4.69, 9.17) is 4.74 Å². The number of aromatic amines is 1. The lowest BCUT2D eigenvalue weighted by Gasteiger charge is -2.36. The molecule has 150 valence electrons. The van der Waals surface area contributed by atoms with Crippen molar-refractivity contribution in [2.75, 3.05) is 53.0 Å². The van der Waals surface area contributed by atoms with Gasteiger partial charge in [0.05, 0.1) is 25.8 Å². The SMILES string of the molecule is CN1Cc2[nH]c3ccccc3c2CC1C(=O)N(CC=O)CCN1CCOCC1. The Bertz CT molecular complexity index is 843. The maximum Gasteiger partial charge on any atom is 0.240 e. The predicted octanol–water partition coefficient (Wildman–Crippen LogP) is 0.884. The number of benzene rings is 1. The highest BCUT2D eigenvalue weighted by Crippen LogP contribution is 2.30. The third-order valence-corrected chi connectivity index (χ3v) is 5.92. The van der Waals surface area contributed by atoms with Crippen LogP contribution in [0.1, 0.15) is 11.3 Å². The number of H-pyrrole nitrogens is 1. The van der Waals surface area contributed by atoms with Crippen LogP contribution in [0, 0.1) is 0 Å². The van der Waals surface area contributed by atoms with E-state index in [2.05, 4.69) is 26.9 Å². The summed E-state index contributed by atoms with van der Waals surface area (Å²) in [5, 5.41) is 1.19. The topological polar surface area (TPSA) is 68.9 Å². The Balaban J connectivity index is 1.49. The van der Waals surface area contributed by atoms with Crippen LogP contribution in [0.15, 0.2) is 24.3 Å². The van der Waals surface area contributed by atoms with Gasteiger partial charge in [0.25, 0.3) is 0 Å². The Morgan fingerprint density at radius 3 is 2.89 bits per heavy atom. The number of nitrogens with one attached hydrogen (secondary N) is 1. The number of hydrogen-bond acceptors (Lipinski definition) is 5. The molecule has 2 aliphatic rings. The van der Waals surface area contributed by atoms with E-state index in [1.54, 1.807) is 4.90 Å². The van der Waals surface area contributed by atoms with Gasteiger partial charge in [0.2, 0.25) is 5.91 Å². The summed E-state index contributed by atoms with van der Waals surface area (Å²) in [6.07, 6.45) is 1.50. The van der Waals surface area contributed by atoms with E-state index >= 15 is 0 Å². The van der Waals surface area contributed by atoms with Gasteiger partial charge in [-0.2, -0.15) is 0 Å². The van der Waals surface area contributed by atoms with E-state index in [0.717, 1.165) is 44.7 Å². The molecule has 0 aliphatic carbocycles. The fourth-order valence-corrected chi connectivity index (χ4v) is 4.29. The van der Waals surface area contributed by atoms with Crippen molar-refractivity contribution in [2.45, 2.75) is 19.0 Å². The Kier molecular flexibility index (Phi) is 5.75. The minimum absolute atomic E-state index is 0.0405. The van der Waals surface area contributed by atoms with Crippen molar-refractivity contribution in [3.63, 3.8) is 0 Å². The van der Waals surface area contributed by atoms with Gasteiger partial charge in [0.1, 0.15) is 6.29 Å². The molecule has 0 radical (unpaired) electrons. The highest BCUT2D eigenvalue weighted by Gasteiger charge is 2.34. The number of ether oxygens (including phenoxy) is 1. The minimum atomic E-state index is -0.239. The van der Waals surface area contributed by atoms with Gasteiger partial charge in [-0.1, -0.05) is 18.2 Å². The van der Waals surface area contributed by atoms with Crippen LogP contribution in [-0.4, -0.2) is 90.9 Å². The van der Waals surface area contributed by atoms with Gasteiger partial charge < -0.3 is 19.4 Å². The largest absolute Gasteiger partial charge is 0.379 e. The Hall–Kier alpha value is -2.22. The molecule has 1 aromatic carbocycles. The summed E-state index contributed by atoms with van der Waals surface area (Å²) >= 11 is 0. The van der Waals surface area contributed by atoms with Crippen LogP contribution >= 0.6 is 0 Å². The van der Waals surface area contributed by atoms with Crippen LogP contribution < -0.4 is 0 Å². The second-order valence-electron chi connectivity index (χ2n) is 7.67. The fourth-order valence-electron chi connectivity index (χ4n) is 4.29.